The van der Waals surface area contributed by atoms with Gasteiger partial charge in [0.25, 0.3) is 0 Å². The van der Waals surface area contributed by atoms with E-state index in [4.69, 9.17) is 9.84 Å². The van der Waals surface area contributed by atoms with Crippen LogP contribution in [0, 0.1) is 0 Å². The fraction of sp³-hybridized carbons (Fsp3) is 0.545. The molecule has 6 nitrogen and oxygen atoms in total. The number of carboxylic acids is 1. The lowest BCUT2D eigenvalue weighted by molar-refractivity contribution is 0.0696. The molecule has 0 amide bonds. The molecule has 1 aromatic heterocycles. The first-order valence-corrected chi connectivity index (χ1v) is 6.93. The molecule has 98 valence electrons. The van der Waals surface area contributed by atoms with Crippen LogP contribution in [-0.4, -0.2) is 46.6 Å². The molecule has 1 aliphatic heterocycles. The lowest BCUT2D eigenvalue weighted by Crippen LogP contribution is -2.20. The number of carbonyl (C=O) groups is 1. The van der Waals surface area contributed by atoms with Crippen LogP contribution in [0.1, 0.15) is 23.2 Å². The van der Waals surface area contributed by atoms with E-state index in [9.17, 15) is 4.79 Å². The molecule has 0 radical (unpaired) electrons. The monoisotopic (exact) mass is 269 g/mol. The Bertz CT molecular complexity index is 436. The van der Waals surface area contributed by atoms with Crippen molar-refractivity contribution >= 4 is 23.5 Å². The summed E-state index contributed by atoms with van der Waals surface area (Å²) in [5, 5.41) is 12.7. The van der Waals surface area contributed by atoms with E-state index in [2.05, 4.69) is 15.3 Å². The van der Waals surface area contributed by atoms with Crippen LogP contribution in [0.25, 0.3) is 0 Å². The van der Waals surface area contributed by atoms with Crippen LogP contribution in [0.4, 0.5) is 5.82 Å². The Balaban J connectivity index is 2.10. The molecule has 2 N–H and O–H groups in total. The van der Waals surface area contributed by atoms with E-state index in [1.165, 1.54) is 18.0 Å². The van der Waals surface area contributed by atoms with Gasteiger partial charge in [0.1, 0.15) is 11.4 Å². The number of rotatable bonds is 5. The summed E-state index contributed by atoms with van der Waals surface area (Å²) in [6.07, 6.45) is 5.37. The second-order valence-electron chi connectivity index (χ2n) is 3.94. The molecule has 1 aliphatic rings. The van der Waals surface area contributed by atoms with Crippen LogP contribution in [0.5, 0.6) is 0 Å². The summed E-state index contributed by atoms with van der Waals surface area (Å²) in [5.41, 5.74) is 0.0887. The number of nitrogens with one attached hydrogen (secondary N) is 1. The summed E-state index contributed by atoms with van der Waals surface area (Å²) in [6, 6.07) is 0. The fourth-order valence-corrected chi connectivity index (χ4v) is 2.11. The first kappa shape index (κ1) is 13.1. The molecule has 1 atom stereocenters. The van der Waals surface area contributed by atoms with Crippen LogP contribution >= 0.6 is 11.8 Å². The number of aromatic nitrogens is 2. The topological polar surface area (TPSA) is 84.3 Å². The normalized spacial score (nSPS) is 18.8. The Morgan fingerprint density at radius 2 is 2.56 bits per heavy atom. The molecule has 0 saturated carbocycles. The summed E-state index contributed by atoms with van der Waals surface area (Å²) in [7, 11) is 0. The summed E-state index contributed by atoms with van der Waals surface area (Å²) >= 11 is 1.38. The van der Waals surface area contributed by atoms with Crippen LogP contribution < -0.4 is 5.32 Å². The average molecular weight is 269 g/mol. The minimum Gasteiger partial charge on any atom is -0.477 e. The predicted octanol–water partition coefficient (Wildman–Crippen LogP) is 1.49. The number of nitrogens with zero attached hydrogens (tertiary/aromatic N) is 2. The number of hydrogen-bond donors (Lipinski definition) is 2. The van der Waals surface area contributed by atoms with Gasteiger partial charge in [-0.25, -0.2) is 14.8 Å². The molecule has 1 aromatic rings. The molecule has 18 heavy (non-hydrogen) atoms. The van der Waals surface area contributed by atoms with Gasteiger partial charge in [-0.1, -0.05) is 11.8 Å². The van der Waals surface area contributed by atoms with E-state index in [1.807, 2.05) is 6.26 Å². The Hall–Kier alpha value is -1.34. The minimum absolute atomic E-state index is 0.0887. The van der Waals surface area contributed by atoms with E-state index >= 15 is 0 Å². The molecular weight excluding hydrogens is 254 g/mol. The molecular formula is C11H15N3O3S. The summed E-state index contributed by atoms with van der Waals surface area (Å²) < 4.78 is 5.47. The maximum absolute atomic E-state index is 11.1. The van der Waals surface area contributed by atoms with E-state index in [0.717, 1.165) is 19.4 Å². The van der Waals surface area contributed by atoms with Crippen LogP contribution in [0.2, 0.25) is 0 Å². The molecule has 2 rings (SSSR count). The van der Waals surface area contributed by atoms with Crippen molar-refractivity contribution in [1.29, 1.82) is 0 Å². The molecule has 0 spiro atoms. The van der Waals surface area contributed by atoms with Gasteiger partial charge in [-0.3, -0.25) is 0 Å². The van der Waals surface area contributed by atoms with E-state index in [0.29, 0.717) is 17.5 Å². The fourth-order valence-electron chi connectivity index (χ4n) is 1.77. The largest absolute Gasteiger partial charge is 0.477 e. The van der Waals surface area contributed by atoms with Gasteiger partial charge in [0.05, 0.1) is 6.10 Å². The summed E-state index contributed by atoms with van der Waals surface area (Å²) in [5.74, 6) is -0.671. The Labute approximate surface area is 109 Å². The van der Waals surface area contributed by atoms with Gasteiger partial charge in [0, 0.05) is 19.3 Å². The highest BCUT2D eigenvalue weighted by molar-refractivity contribution is 7.98. The predicted molar refractivity (Wildman–Crippen MR) is 68.2 cm³/mol. The number of hydrogen-bond acceptors (Lipinski definition) is 6. The lowest BCUT2D eigenvalue weighted by atomic mass is 10.2. The number of aromatic carboxylic acids is 1. The molecule has 0 aromatic carbocycles. The maximum atomic E-state index is 11.1. The lowest BCUT2D eigenvalue weighted by Gasteiger charge is -2.13. The van der Waals surface area contributed by atoms with Crippen LogP contribution in [0.3, 0.4) is 0 Å². The molecule has 7 heteroatoms. The molecule has 0 bridgehead atoms. The highest BCUT2D eigenvalue weighted by Gasteiger charge is 2.18. The van der Waals surface area contributed by atoms with Crippen molar-refractivity contribution in [2.24, 2.45) is 0 Å². The third-order valence-electron chi connectivity index (χ3n) is 2.70. The van der Waals surface area contributed by atoms with Gasteiger partial charge in [-0.05, 0) is 19.1 Å². The van der Waals surface area contributed by atoms with E-state index in [-0.39, 0.29) is 11.7 Å². The zero-order chi connectivity index (χ0) is 13.0. The number of carboxylic acid groups (broad SMARTS) is 1. The zero-order valence-corrected chi connectivity index (χ0v) is 10.9. The second-order valence-corrected chi connectivity index (χ2v) is 4.71. The number of ether oxygens (including phenoxy) is 1. The third kappa shape index (κ3) is 3.11. The summed E-state index contributed by atoms with van der Waals surface area (Å²) in [6.45, 7) is 1.35. The highest BCUT2D eigenvalue weighted by atomic mass is 32.2. The van der Waals surface area contributed by atoms with Gasteiger partial charge in [-0.15, -0.1) is 0 Å². The van der Waals surface area contributed by atoms with Gasteiger partial charge in [0.15, 0.2) is 5.16 Å². The second kappa shape index (κ2) is 6.01. The van der Waals surface area contributed by atoms with Crippen molar-refractivity contribution in [1.82, 2.24) is 9.97 Å². The van der Waals surface area contributed by atoms with Crippen LogP contribution in [0.15, 0.2) is 11.4 Å². The molecule has 2 heterocycles. The number of thioether (sulfide) groups is 1. The van der Waals surface area contributed by atoms with Gasteiger partial charge >= 0.3 is 5.97 Å². The third-order valence-corrected chi connectivity index (χ3v) is 3.26. The molecule has 1 fully saturated rings. The average Bonchev–Trinajstić information content (AvgIpc) is 2.88. The van der Waals surface area contributed by atoms with Crippen molar-refractivity contribution < 1.29 is 14.6 Å². The summed E-state index contributed by atoms with van der Waals surface area (Å²) in [4.78, 5) is 19.2. The standard InChI is InChI=1S/C11H15N3O3S/c1-18-11-13-6-8(10(15)16)9(14-11)12-5-7-3-2-4-17-7/h6-7H,2-5H2,1H3,(H,15,16)(H,12,13,14)/t7-/m1/s1. The Morgan fingerprint density at radius 1 is 1.72 bits per heavy atom. The van der Waals surface area contributed by atoms with Gasteiger partial charge in [-0.2, -0.15) is 0 Å². The highest BCUT2D eigenvalue weighted by Crippen LogP contribution is 2.18. The first-order chi connectivity index (χ1) is 8.70. The van der Waals surface area contributed by atoms with Crippen LogP contribution in [-0.2, 0) is 4.74 Å². The SMILES string of the molecule is CSc1ncc(C(=O)O)c(NC[C@H]2CCCO2)n1. The Kier molecular flexibility index (Phi) is 4.38. The van der Waals surface area contributed by atoms with Crippen molar-refractivity contribution in [2.45, 2.75) is 24.1 Å². The van der Waals surface area contributed by atoms with Crippen molar-refractivity contribution in [3.05, 3.63) is 11.8 Å². The molecule has 1 saturated heterocycles. The van der Waals surface area contributed by atoms with E-state index in [1.54, 1.807) is 0 Å². The van der Waals surface area contributed by atoms with Crippen molar-refractivity contribution in [2.75, 3.05) is 24.7 Å². The van der Waals surface area contributed by atoms with E-state index < -0.39 is 5.97 Å². The van der Waals surface area contributed by atoms with Crippen molar-refractivity contribution in [3.8, 4) is 0 Å². The smallest absolute Gasteiger partial charge is 0.341 e. The molecule has 0 unspecified atom stereocenters. The zero-order valence-electron chi connectivity index (χ0n) is 10.0. The van der Waals surface area contributed by atoms with Gasteiger partial charge < -0.3 is 15.2 Å². The molecule has 0 aliphatic carbocycles. The quantitative estimate of drug-likeness (QED) is 0.618. The Morgan fingerprint density at radius 3 is 3.17 bits per heavy atom. The number of anilines is 1. The maximum Gasteiger partial charge on any atom is 0.341 e. The van der Waals surface area contributed by atoms with Gasteiger partial charge in [0.2, 0.25) is 0 Å². The van der Waals surface area contributed by atoms with Crippen molar-refractivity contribution in [3.63, 3.8) is 0 Å². The first-order valence-electron chi connectivity index (χ1n) is 5.70. The minimum atomic E-state index is -1.03.